The van der Waals surface area contributed by atoms with E-state index in [0.717, 1.165) is 49.6 Å². The van der Waals surface area contributed by atoms with Gasteiger partial charge in [0.15, 0.2) is 0 Å². The van der Waals surface area contributed by atoms with E-state index in [1.54, 1.807) is 13.3 Å². The van der Waals surface area contributed by atoms with Crippen molar-refractivity contribution in [3.05, 3.63) is 59.7 Å². The van der Waals surface area contributed by atoms with E-state index in [0.29, 0.717) is 18.9 Å². The lowest BCUT2D eigenvalue weighted by molar-refractivity contribution is -0.123. The van der Waals surface area contributed by atoms with E-state index in [4.69, 9.17) is 4.74 Å². The van der Waals surface area contributed by atoms with Crippen molar-refractivity contribution in [3.63, 3.8) is 0 Å². The molecule has 0 radical (unpaired) electrons. The molecule has 1 N–H and O–H groups in total. The van der Waals surface area contributed by atoms with Gasteiger partial charge in [0, 0.05) is 32.0 Å². The van der Waals surface area contributed by atoms with Gasteiger partial charge in [0.2, 0.25) is 5.91 Å². The van der Waals surface area contributed by atoms with Crippen molar-refractivity contribution < 1.29 is 9.53 Å². The fourth-order valence-electron chi connectivity index (χ4n) is 3.79. The van der Waals surface area contributed by atoms with Crippen LogP contribution in [0.2, 0.25) is 0 Å². The van der Waals surface area contributed by atoms with Crippen molar-refractivity contribution in [1.29, 1.82) is 0 Å². The predicted octanol–water partition coefficient (Wildman–Crippen LogP) is 2.89. The lowest BCUT2D eigenvalue weighted by atomic mass is 9.87. The molecule has 1 aliphatic rings. The molecular weight excluding hydrogens is 352 g/mol. The molecule has 6 heteroatoms. The molecule has 2 aromatic rings. The van der Waals surface area contributed by atoms with Crippen LogP contribution in [0.3, 0.4) is 0 Å². The van der Waals surface area contributed by atoms with Gasteiger partial charge < -0.3 is 10.1 Å². The van der Waals surface area contributed by atoms with E-state index in [2.05, 4.69) is 32.3 Å². The fourth-order valence-corrected chi connectivity index (χ4v) is 3.79. The van der Waals surface area contributed by atoms with Crippen molar-refractivity contribution in [3.8, 4) is 0 Å². The third-order valence-electron chi connectivity index (χ3n) is 5.29. The van der Waals surface area contributed by atoms with E-state index in [1.165, 1.54) is 0 Å². The van der Waals surface area contributed by atoms with Crippen molar-refractivity contribution in [2.75, 3.05) is 26.8 Å². The van der Waals surface area contributed by atoms with Gasteiger partial charge in [-0.05, 0) is 63.0 Å². The van der Waals surface area contributed by atoms with Crippen LogP contribution in [-0.4, -0.2) is 47.6 Å². The zero-order valence-corrected chi connectivity index (χ0v) is 16.8. The Morgan fingerprint density at radius 2 is 2.07 bits per heavy atom. The summed E-state index contributed by atoms with van der Waals surface area (Å²) in [6.45, 7) is 5.33. The lowest BCUT2D eigenvalue weighted by Gasteiger charge is -2.36. The molecule has 1 saturated heterocycles. The highest BCUT2D eigenvalue weighted by Gasteiger charge is 2.29. The summed E-state index contributed by atoms with van der Waals surface area (Å²) >= 11 is 0. The molecule has 0 spiro atoms. The number of likely N-dealkylation sites (tertiary alicyclic amines) is 1. The number of aryl methyl sites for hydroxylation is 1. The first-order valence-electron chi connectivity index (χ1n) is 10.00. The second-order valence-electron chi connectivity index (χ2n) is 7.43. The van der Waals surface area contributed by atoms with Crippen LogP contribution < -0.4 is 5.32 Å². The lowest BCUT2D eigenvalue weighted by Crippen LogP contribution is -2.41. The number of amides is 1. The highest BCUT2D eigenvalue weighted by atomic mass is 16.5. The average molecular weight is 383 g/mol. The second-order valence-corrected chi connectivity index (χ2v) is 7.43. The van der Waals surface area contributed by atoms with Gasteiger partial charge >= 0.3 is 0 Å². The summed E-state index contributed by atoms with van der Waals surface area (Å²) in [5, 5.41) is 3.20. The minimum Gasteiger partial charge on any atom is -0.384 e. The quantitative estimate of drug-likeness (QED) is 0.760. The molecule has 150 valence electrons. The van der Waals surface area contributed by atoms with Gasteiger partial charge in [-0.2, -0.15) is 0 Å². The van der Waals surface area contributed by atoms with Crippen LogP contribution in [0.15, 0.2) is 42.6 Å². The van der Waals surface area contributed by atoms with Gasteiger partial charge in [0.25, 0.3) is 0 Å². The number of hydrogen-bond donors (Lipinski definition) is 1. The molecule has 3 rings (SSSR count). The molecule has 0 unspecified atom stereocenters. The van der Waals surface area contributed by atoms with Gasteiger partial charge in [0.1, 0.15) is 0 Å². The van der Waals surface area contributed by atoms with Crippen molar-refractivity contribution in [2.24, 2.45) is 5.92 Å². The SMILES string of the molecule is COCCC(=O)N[C@H](c1ccccn1)C1CCN(Cc2cccc(C)n2)CC1. The van der Waals surface area contributed by atoms with E-state index in [9.17, 15) is 4.79 Å². The first kappa shape index (κ1) is 20.4. The van der Waals surface area contributed by atoms with Crippen LogP contribution in [0.4, 0.5) is 0 Å². The van der Waals surface area contributed by atoms with Crippen LogP contribution in [0, 0.1) is 12.8 Å². The van der Waals surface area contributed by atoms with E-state index in [-0.39, 0.29) is 11.9 Å². The Hall–Kier alpha value is -2.31. The summed E-state index contributed by atoms with van der Waals surface area (Å²) in [4.78, 5) is 23.9. The number of rotatable bonds is 8. The Bertz CT molecular complexity index is 745. The number of ether oxygens (including phenoxy) is 1. The molecule has 0 bridgehead atoms. The first-order valence-corrected chi connectivity index (χ1v) is 10.00. The summed E-state index contributed by atoms with van der Waals surface area (Å²) in [6.07, 6.45) is 4.22. The smallest absolute Gasteiger partial charge is 0.222 e. The zero-order chi connectivity index (χ0) is 19.8. The highest BCUT2D eigenvalue weighted by Crippen LogP contribution is 2.30. The summed E-state index contributed by atoms with van der Waals surface area (Å²) in [5.74, 6) is 0.395. The fraction of sp³-hybridized carbons (Fsp3) is 0.500. The molecule has 3 heterocycles. The van der Waals surface area contributed by atoms with E-state index >= 15 is 0 Å². The molecule has 1 aliphatic heterocycles. The average Bonchev–Trinajstić information content (AvgIpc) is 2.72. The maximum Gasteiger partial charge on any atom is 0.222 e. The van der Waals surface area contributed by atoms with E-state index < -0.39 is 0 Å². The molecule has 28 heavy (non-hydrogen) atoms. The van der Waals surface area contributed by atoms with E-state index in [1.807, 2.05) is 31.2 Å². The number of carbonyl (C=O) groups excluding carboxylic acids is 1. The Balaban J connectivity index is 1.61. The van der Waals surface area contributed by atoms with Gasteiger partial charge in [-0.1, -0.05) is 12.1 Å². The third kappa shape index (κ3) is 5.84. The standard InChI is InChI=1S/C22H30N4O2/c1-17-6-5-7-19(24-17)16-26-13-9-18(10-14-26)22(20-8-3-4-12-23-20)25-21(27)11-15-28-2/h3-8,12,18,22H,9-11,13-16H2,1-2H3,(H,25,27)/t22-/m0/s1. The Morgan fingerprint density at radius 1 is 1.25 bits per heavy atom. The molecule has 1 fully saturated rings. The third-order valence-corrected chi connectivity index (χ3v) is 5.29. The number of hydrogen-bond acceptors (Lipinski definition) is 5. The van der Waals surface area contributed by atoms with Crippen LogP contribution in [0.5, 0.6) is 0 Å². The van der Waals surface area contributed by atoms with Crippen LogP contribution in [0.25, 0.3) is 0 Å². The Kier molecular flexibility index (Phi) is 7.51. The number of carbonyl (C=O) groups is 1. The number of pyridine rings is 2. The second kappa shape index (κ2) is 10.3. The van der Waals surface area contributed by atoms with Gasteiger partial charge in [-0.3, -0.25) is 19.7 Å². The zero-order valence-electron chi connectivity index (χ0n) is 16.8. The molecule has 1 atom stereocenters. The Labute approximate surface area is 167 Å². The molecule has 6 nitrogen and oxygen atoms in total. The van der Waals surface area contributed by atoms with Crippen LogP contribution in [-0.2, 0) is 16.1 Å². The van der Waals surface area contributed by atoms with Gasteiger partial charge in [0.05, 0.1) is 24.0 Å². The first-order chi connectivity index (χ1) is 13.7. The molecule has 0 saturated carbocycles. The number of piperidine rings is 1. The maximum absolute atomic E-state index is 12.3. The molecular formula is C22H30N4O2. The molecule has 1 amide bonds. The predicted molar refractivity (Wildman–Crippen MR) is 109 cm³/mol. The summed E-state index contributed by atoms with van der Waals surface area (Å²) in [7, 11) is 1.61. The minimum atomic E-state index is -0.0511. The largest absolute Gasteiger partial charge is 0.384 e. The number of nitrogens with one attached hydrogen (secondary N) is 1. The minimum absolute atomic E-state index is 0.0175. The van der Waals surface area contributed by atoms with Crippen molar-refractivity contribution in [2.45, 2.75) is 38.8 Å². The van der Waals surface area contributed by atoms with Crippen molar-refractivity contribution >= 4 is 5.91 Å². The maximum atomic E-state index is 12.3. The topological polar surface area (TPSA) is 67.3 Å². The Morgan fingerprint density at radius 3 is 2.75 bits per heavy atom. The normalized spacial score (nSPS) is 16.6. The summed E-state index contributed by atoms with van der Waals surface area (Å²) in [6, 6.07) is 12.0. The summed E-state index contributed by atoms with van der Waals surface area (Å²) in [5.41, 5.74) is 3.11. The monoisotopic (exact) mass is 382 g/mol. The highest BCUT2D eigenvalue weighted by molar-refractivity contribution is 5.76. The van der Waals surface area contributed by atoms with Crippen LogP contribution in [0.1, 0.15) is 42.4 Å². The van der Waals surface area contributed by atoms with Crippen LogP contribution >= 0.6 is 0 Å². The molecule has 2 aromatic heterocycles. The number of methoxy groups -OCH3 is 1. The molecule has 0 aliphatic carbocycles. The summed E-state index contributed by atoms with van der Waals surface area (Å²) < 4.78 is 5.04. The number of nitrogens with zero attached hydrogens (tertiary/aromatic N) is 3. The molecule has 0 aromatic carbocycles. The van der Waals surface area contributed by atoms with Crippen molar-refractivity contribution in [1.82, 2.24) is 20.2 Å². The van der Waals surface area contributed by atoms with Gasteiger partial charge in [-0.15, -0.1) is 0 Å². The number of aromatic nitrogens is 2. The van der Waals surface area contributed by atoms with Gasteiger partial charge in [-0.25, -0.2) is 0 Å².